The van der Waals surface area contributed by atoms with Gasteiger partial charge in [0.05, 0.1) is 40.2 Å². The molecule has 1 aromatic carbocycles. The molecule has 3 aliphatic heterocycles. The summed E-state index contributed by atoms with van der Waals surface area (Å²) in [6, 6.07) is 10.3. The molecule has 4 rings (SSSR count). The van der Waals surface area contributed by atoms with Crippen molar-refractivity contribution in [2.75, 3.05) is 23.0 Å². The van der Waals surface area contributed by atoms with Gasteiger partial charge < -0.3 is 19.3 Å². The van der Waals surface area contributed by atoms with Gasteiger partial charge in [-0.1, -0.05) is 30.3 Å². The molecule has 36 heavy (non-hydrogen) atoms. The van der Waals surface area contributed by atoms with E-state index in [1.807, 2.05) is 55.6 Å². The maximum atomic E-state index is 11.2. The smallest absolute Gasteiger partial charge is 0.163 e. The topological polar surface area (TPSA) is 47.9 Å². The summed E-state index contributed by atoms with van der Waals surface area (Å²) in [7, 11) is 0. The zero-order valence-electron chi connectivity index (χ0n) is 21.8. The van der Waals surface area contributed by atoms with E-state index in [1.54, 1.807) is 0 Å². The first kappa shape index (κ1) is 29.4. The summed E-state index contributed by atoms with van der Waals surface area (Å²) in [5.74, 6) is 4.51. The molecule has 0 aromatic heterocycles. The van der Waals surface area contributed by atoms with Gasteiger partial charge in [0.15, 0.2) is 5.79 Å². The van der Waals surface area contributed by atoms with Crippen molar-refractivity contribution in [3.63, 3.8) is 0 Å². The van der Waals surface area contributed by atoms with E-state index in [9.17, 15) is 5.11 Å². The maximum Gasteiger partial charge on any atom is 0.163 e. The predicted octanol–water partition coefficient (Wildman–Crippen LogP) is 7.19. The van der Waals surface area contributed by atoms with Crippen molar-refractivity contribution in [3.05, 3.63) is 35.9 Å². The van der Waals surface area contributed by atoms with Gasteiger partial charge >= 0.3 is 0 Å². The van der Waals surface area contributed by atoms with Crippen LogP contribution in [0.1, 0.15) is 70.8 Å². The number of hydrogen-bond acceptors (Lipinski definition) is 8. The predicted molar refractivity (Wildman–Crippen MR) is 159 cm³/mol. The number of benzene rings is 1. The first-order chi connectivity index (χ1) is 17.5. The number of aliphatic hydroxyl groups excluding tert-OH is 1. The second-order valence-electron chi connectivity index (χ2n) is 10.4. The highest BCUT2D eigenvalue weighted by Crippen LogP contribution is 2.39. The van der Waals surface area contributed by atoms with Crippen LogP contribution in [0.2, 0.25) is 0 Å². The normalized spacial score (nSPS) is 27.2. The first-order valence-corrected chi connectivity index (χ1v) is 17.8. The van der Waals surface area contributed by atoms with Gasteiger partial charge in [-0.2, -0.15) is 0 Å². The summed E-state index contributed by atoms with van der Waals surface area (Å²) >= 11 is 8.30. The van der Waals surface area contributed by atoms with E-state index in [1.165, 1.54) is 42.3 Å². The Morgan fingerprint density at radius 1 is 0.833 bits per heavy atom. The quantitative estimate of drug-likeness (QED) is 0.267. The van der Waals surface area contributed by atoms with Crippen molar-refractivity contribution >= 4 is 47.0 Å². The van der Waals surface area contributed by atoms with Gasteiger partial charge in [-0.25, -0.2) is 0 Å². The van der Waals surface area contributed by atoms with Crippen LogP contribution in [0.5, 0.6) is 0 Å². The van der Waals surface area contributed by atoms with Crippen molar-refractivity contribution in [1.82, 2.24) is 0 Å². The Balaban J connectivity index is 1.31. The minimum absolute atomic E-state index is 0.0538. The first-order valence-electron chi connectivity index (χ1n) is 13.6. The van der Waals surface area contributed by atoms with Gasteiger partial charge in [-0.15, -0.1) is 47.0 Å². The van der Waals surface area contributed by atoms with Crippen molar-refractivity contribution in [3.8, 4) is 0 Å². The van der Waals surface area contributed by atoms with Crippen molar-refractivity contribution in [2.45, 2.75) is 111 Å². The van der Waals surface area contributed by atoms with Crippen LogP contribution in [0.15, 0.2) is 30.3 Å². The van der Waals surface area contributed by atoms with Gasteiger partial charge in [0.25, 0.3) is 0 Å². The monoisotopic (exact) mass is 572 g/mol. The second-order valence-corrected chi connectivity index (χ2v) is 16.2. The standard InChI is InChI=1S/C28H44O4S4/c1-28(2)31-24(25(32-28)13-15-27-35-18-7-19-36-27)12-11-23(30-20-21-8-4-3-5-9-21)22(29)10-14-26-33-16-6-17-34-26/h3-5,8-9,22-27,29H,6-7,10-20H2,1-2H3/t22-,23-,24-,25-/m0/s1. The van der Waals surface area contributed by atoms with E-state index in [0.717, 1.165) is 37.7 Å². The summed E-state index contributed by atoms with van der Waals surface area (Å²) in [4.78, 5) is 0. The van der Waals surface area contributed by atoms with Crippen LogP contribution in [0, 0.1) is 0 Å². The number of ether oxygens (including phenoxy) is 3. The summed E-state index contributed by atoms with van der Waals surface area (Å²) < 4.78 is 20.4. The molecule has 1 aromatic rings. The minimum atomic E-state index is -0.545. The van der Waals surface area contributed by atoms with Gasteiger partial charge in [0, 0.05) is 0 Å². The van der Waals surface area contributed by atoms with Gasteiger partial charge in [-0.3, -0.25) is 0 Å². The Kier molecular flexibility index (Phi) is 12.5. The Labute approximate surface area is 235 Å². The molecular formula is C28H44O4S4. The minimum Gasteiger partial charge on any atom is -0.390 e. The lowest BCUT2D eigenvalue weighted by atomic mass is 9.98. The summed E-state index contributed by atoms with van der Waals surface area (Å²) in [5.41, 5.74) is 1.15. The molecule has 0 bridgehead atoms. The van der Waals surface area contributed by atoms with Crippen LogP contribution in [-0.2, 0) is 20.8 Å². The molecule has 0 amide bonds. The fourth-order valence-electron chi connectivity index (χ4n) is 5.09. The highest BCUT2D eigenvalue weighted by atomic mass is 32.2. The van der Waals surface area contributed by atoms with Crippen molar-refractivity contribution in [1.29, 1.82) is 0 Å². The van der Waals surface area contributed by atoms with E-state index in [2.05, 4.69) is 35.7 Å². The van der Waals surface area contributed by atoms with Crippen LogP contribution in [0.25, 0.3) is 0 Å². The second kappa shape index (κ2) is 15.3. The molecule has 204 valence electrons. The largest absolute Gasteiger partial charge is 0.390 e. The van der Waals surface area contributed by atoms with Crippen LogP contribution in [0.4, 0.5) is 0 Å². The molecule has 0 saturated carbocycles. The average Bonchev–Trinajstić information content (AvgIpc) is 3.21. The van der Waals surface area contributed by atoms with Gasteiger partial charge in [0.2, 0.25) is 0 Å². The highest BCUT2D eigenvalue weighted by molar-refractivity contribution is 8.17. The molecule has 8 heteroatoms. The number of hydrogen-bond donors (Lipinski definition) is 1. The van der Waals surface area contributed by atoms with Gasteiger partial charge in [-0.05, 0) is 93.8 Å². The van der Waals surface area contributed by atoms with E-state index in [-0.39, 0.29) is 18.3 Å². The lowest BCUT2D eigenvalue weighted by molar-refractivity contribution is -0.148. The number of rotatable bonds is 13. The molecule has 3 fully saturated rings. The van der Waals surface area contributed by atoms with Crippen molar-refractivity contribution in [2.24, 2.45) is 0 Å². The molecule has 3 saturated heterocycles. The van der Waals surface area contributed by atoms with Gasteiger partial charge in [0.1, 0.15) is 0 Å². The highest BCUT2D eigenvalue weighted by Gasteiger charge is 2.41. The maximum absolute atomic E-state index is 11.2. The van der Waals surface area contributed by atoms with Crippen molar-refractivity contribution < 1.29 is 19.3 Å². The molecule has 4 atom stereocenters. The molecular weight excluding hydrogens is 529 g/mol. The Bertz CT molecular complexity index is 740. The zero-order valence-corrected chi connectivity index (χ0v) is 25.1. The van der Waals surface area contributed by atoms with E-state index >= 15 is 0 Å². The molecule has 4 nitrogen and oxygen atoms in total. The molecule has 0 spiro atoms. The fraction of sp³-hybridized carbons (Fsp3) is 0.786. The van der Waals surface area contributed by atoms with E-state index in [4.69, 9.17) is 14.2 Å². The molecule has 0 radical (unpaired) electrons. The number of aliphatic hydroxyl groups is 1. The molecule has 0 unspecified atom stereocenters. The Morgan fingerprint density at radius 2 is 1.42 bits per heavy atom. The lowest BCUT2D eigenvalue weighted by Crippen LogP contribution is -2.32. The van der Waals surface area contributed by atoms with Crippen LogP contribution in [-0.4, -0.2) is 67.5 Å². The summed E-state index contributed by atoms with van der Waals surface area (Å²) in [5, 5.41) is 11.2. The van der Waals surface area contributed by atoms with Crippen LogP contribution >= 0.6 is 47.0 Å². The zero-order chi connectivity index (χ0) is 25.2. The summed E-state index contributed by atoms with van der Waals surface area (Å²) in [6.07, 6.45) is 7.82. The van der Waals surface area contributed by atoms with Crippen LogP contribution < -0.4 is 0 Å². The molecule has 3 heterocycles. The number of thioether (sulfide) groups is 4. The fourth-order valence-corrected chi connectivity index (χ4v) is 10.9. The molecule has 1 N–H and O–H groups in total. The van der Waals surface area contributed by atoms with Crippen LogP contribution in [0.3, 0.4) is 0 Å². The Hall–Kier alpha value is 0.460. The third-order valence-electron chi connectivity index (χ3n) is 6.93. The third kappa shape index (κ3) is 9.89. The molecule has 3 aliphatic rings. The lowest BCUT2D eigenvalue weighted by Gasteiger charge is -2.28. The third-order valence-corrected chi connectivity index (χ3v) is 13.1. The van der Waals surface area contributed by atoms with E-state index in [0.29, 0.717) is 15.8 Å². The molecule has 0 aliphatic carbocycles. The van der Waals surface area contributed by atoms with E-state index < -0.39 is 11.9 Å². The average molecular weight is 573 g/mol. The Morgan fingerprint density at radius 3 is 2.06 bits per heavy atom. The summed E-state index contributed by atoms with van der Waals surface area (Å²) in [6.45, 7) is 4.59. The SMILES string of the molecule is CC1(C)O[C@@H](CCC2SCCCS2)[C@H](CC[C@H](OCc2ccccc2)[C@@H](O)CCC2SCCCS2)O1.